The molecule has 0 amide bonds. The van der Waals surface area contributed by atoms with Crippen molar-refractivity contribution >= 4 is 28.7 Å². The molecule has 4 rings (SSSR count). The van der Waals surface area contributed by atoms with Crippen LogP contribution in [0, 0.1) is 0 Å². The predicted molar refractivity (Wildman–Crippen MR) is 133 cm³/mol. The van der Waals surface area contributed by atoms with E-state index in [0.29, 0.717) is 34.9 Å². The fraction of sp³-hybridized carbons (Fsp3) is 0.375. The molecule has 2 heterocycles. The van der Waals surface area contributed by atoms with Gasteiger partial charge < -0.3 is 9.47 Å². The average molecular weight is 540 g/mol. The summed E-state index contributed by atoms with van der Waals surface area (Å²) < 4.78 is 55.0. The van der Waals surface area contributed by atoms with Crippen LogP contribution >= 0.6 is 23.1 Å². The predicted octanol–water partition coefficient (Wildman–Crippen LogP) is 5.70. The van der Waals surface area contributed by atoms with Crippen LogP contribution in [0.1, 0.15) is 34.8 Å². The van der Waals surface area contributed by atoms with Gasteiger partial charge in [-0.15, -0.1) is 11.3 Å². The van der Waals surface area contributed by atoms with E-state index in [1.54, 1.807) is 11.8 Å². The van der Waals surface area contributed by atoms with Gasteiger partial charge in [0, 0.05) is 5.56 Å². The van der Waals surface area contributed by atoms with E-state index in [9.17, 15) is 18.0 Å². The number of H-pyrrole nitrogens is 1. The van der Waals surface area contributed by atoms with Crippen LogP contribution < -0.4 is 5.76 Å². The first-order valence-electron chi connectivity index (χ1n) is 11.1. The Balaban J connectivity index is 1.50. The number of benzene rings is 1. The van der Waals surface area contributed by atoms with Crippen LogP contribution in [-0.2, 0) is 28.7 Å². The fourth-order valence-electron chi connectivity index (χ4n) is 3.70. The Morgan fingerprint density at radius 1 is 1.28 bits per heavy atom. The minimum absolute atomic E-state index is 0.280. The number of hydrogen-bond acceptors (Lipinski definition) is 8. The van der Waals surface area contributed by atoms with Crippen LogP contribution in [0.3, 0.4) is 0 Å². The number of allylic oxidation sites excluding steroid dienone is 1. The minimum atomic E-state index is -4.38. The van der Waals surface area contributed by atoms with Crippen molar-refractivity contribution in [2.75, 3.05) is 19.1 Å². The van der Waals surface area contributed by atoms with Crippen LogP contribution in [0.4, 0.5) is 13.2 Å². The lowest BCUT2D eigenvalue weighted by Gasteiger charge is -2.20. The highest BCUT2D eigenvalue weighted by Gasteiger charge is 2.30. The van der Waals surface area contributed by atoms with Gasteiger partial charge in [-0.1, -0.05) is 23.4 Å². The summed E-state index contributed by atoms with van der Waals surface area (Å²) in [4.78, 5) is 19.5. The van der Waals surface area contributed by atoms with Gasteiger partial charge in [0.1, 0.15) is 10.8 Å². The van der Waals surface area contributed by atoms with Gasteiger partial charge >= 0.3 is 11.9 Å². The number of nitrogens with zero attached hydrogens (tertiary/aromatic N) is 2. The minimum Gasteiger partial charge on any atom is -0.496 e. The molecule has 3 aromatic rings. The molecular formula is C24H24F3N3O4S2. The smallest absolute Gasteiger partial charge is 0.439 e. The Kier molecular flexibility index (Phi) is 8.37. The normalized spacial score (nSPS) is 16.1. The first-order chi connectivity index (χ1) is 17.3. The van der Waals surface area contributed by atoms with Crippen molar-refractivity contribution < 1.29 is 27.2 Å². The van der Waals surface area contributed by atoms with E-state index in [1.165, 1.54) is 30.6 Å². The number of nitrogens with one attached hydrogen (secondary N) is 1. The van der Waals surface area contributed by atoms with E-state index in [1.807, 2.05) is 18.4 Å². The topological polar surface area (TPSA) is 90.2 Å². The number of ether oxygens (including phenoxy) is 2. The van der Waals surface area contributed by atoms with Crippen molar-refractivity contribution in [1.82, 2.24) is 15.1 Å². The van der Waals surface area contributed by atoms with Crippen molar-refractivity contribution in [3.63, 3.8) is 0 Å². The number of thiazole rings is 1. The van der Waals surface area contributed by atoms with Gasteiger partial charge in [-0.25, -0.2) is 9.78 Å². The lowest BCUT2D eigenvalue weighted by molar-refractivity contribution is -0.137. The number of halogens is 3. The number of aromatic nitrogens is 3. The molecule has 0 spiro atoms. The third-order valence-electron chi connectivity index (χ3n) is 5.50. The summed E-state index contributed by atoms with van der Waals surface area (Å²) in [6.45, 7) is 0.301. The zero-order chi connectivity index (χ0) is 25.7. The molecular weight excluding hydrogens is 515 g/mol. The monoisotopic (exact) mass is 539 g/mol. The zero-order valence-electron chi connectivity index (χ0n) is 19.6. The van der Waals surface area contributed by atoms with E-state index in [2.05, 4.69) is 14.7 Å². The number of rotatable bonds is 10. The highest BCUT2D eigenvalue weighted by Crippen LogP contribution is 2.34. The molecule has 0 bridgehead atoms. The quantitative estimate of drug-likeness (QED) is 0.331. The van der Waals surface area contributed by atoms with Gasteiger partial charge in [-0.3, -0.25) is 9.51 Å². The summed E-state index contributed by atoms with van der Waals surface area (Å²) in [6.07, 6.45) is 3.27. The number of aryl methyl sites for hydroxylation is 1. The Bertz CT molecular complexity index is 1290. The summed E-state index contributed by atoms with van der Waals surface area (Å²) in [5, 5.41) is 4.37. The van der Waals surface area contributed by atoms with Crippen LogP contribution in [0.25, 0.3) is 16.1 Å². The highest BCUT2D eigenvalue weighted by molar-refractivity contribution is 7.98. The largest absolute Gasteiger partial charge is 0.496 e. The van der Waals surface area contributed by atoms with E-state index in [-0.39, 0.29) is 11.9 Å². The molecule has 192 valence electrons. The lowest BCUT2D eigenvalue weighted by Crippen LogP contribution is -2.15. The maximum absolute atomic E-state index is 12.9. The lowest BCUT2D eigenvalue weighted by atomic mass is 10.0. The second-order valence-electron chi connectivity index (χ2n) is 7.94. The Morgan fingerprint density at radius 2 is 2.06 bits per heavy atom. The molecule has 0 saturated heterocycles. The van der Waals surface area contributed by atoms with Gasteiger partial charge in [0.2, 0.25) is 0 Å². The number of hydrogen-bond donors (Lipinski definition) is 1. The van der Waals surface area contributed by atoms with E-state index < -0.39 is 17.5 Å². The molecule has 12 heteroatoms. The molecule has 1 aromatic carbocycles. The fourth-order valence-corrected chi connectivity index (χ4v) is 5.17. The van der Waals surface area contributed by atoms with Crippen LogP contribution in [0.2, 0.25) is 0 Å². The van der Waals surface area contributed by atoms with Crippen LogP contribution in [0.15, 0.2) is 51.5 Å². The Morgan fingerprint density at radius 3 is 2.69 bits per heavy atom. The molecule has 1 atom stereocenters. The molecule has 36 heavy (non-hydrogen) atoms. The van der Waals surface area contributed by atoms with Crippen LogP contribution in [-0.4, -0.2) is 40.3 Å². The molecule has 1 aliphatic carbocycles. The SMILES string of the molecule is COC1=CC(OCc2sc(-c3ccc(C(F)(F)F)cc3)nc2CCCSC)CC=C1c1noc(=O)[nH]1. The Labute approximate surface area is 213 Å². The van der Waals surface area contributed by atoms with Gasteiger partial charge in [-0.05, 0) is 49.5 Å². The van der Waals surface area contributed by atoms with E-state index in [4.69, 9.17) is 14.5 Å². The highest BCUT2D eigenvalue weighted by atomic mass is 32.2. The summed E-state index contributed by atoms with van der Waals surface area (Å²) in [5.41, 5.74) is 1.46. The van der Waals surface area contributed by atoms with E-state index in [0.717, 1.165) is 41.3 Å². The van der Waals surface area contributed by atoms with Gasteiger partial charge in [0.05, 0.1) is 41.5 Å². The number of methoxy groups -OCH3 is 1. The summed E-state index contributed by atoms with van der Waals surface area (Å²) in [7, 11) is 1.52. The molecule has 7 nitrogen and oxygen atoms in total. The maximum Gasteiger partial charge on any atom is 0.439 e. The third kappa shape index (κ3) is 6.29. The zero-order valence-corrected chi connectivity index (χ0v) is 21.2. The van der Waals surface area contributed by atoms with E-state index >= 15 is 0 Å². The number of alkyl halides is 3. The number of thioether (sulfide) groups is 1. The van der Waals surface area contributed by atoms with Gasteiger partial charge in [-0.2, -0.15) is 24.9 Å². The molecule has 1 unspecified atom stereocenters. The number of aromatic amines is 1. The molecule has 1 N–H and O–H groups in total. The summed E-state index contributed by atoms with van der Waals surface area (Å²) in [6, 6.07) is 5.05. The third-order valence-corrected chi connectivity index (χ3v) is 7.32. The summed E-state index contributed by atoms with van der Waals surface area (Å²) in [5.74, 6) is 1.12. The average Bonchev–Trinajstić information content (AvgIpc) is 3.48. The van der Waals surface area contributed by atoms with Crippen LogP contribution in [0.5, 0.6) is 0 Å². The molecule has 0 fully saturated rings. The van der Waals surface area contributed by atoms with Crippen molar-refractivity contribution in [3.05, 3.63) is 74.7 Å². The second kappa shape index (κ2) is 11.5. The molecule has 2 aromatic heterocycles. The molecule has 0 radical (unpaired) electrons. The van der Waals surface area contributed by atoms with Gasteiger partial charge in [0.25, 0.3) is 0 Å². The molecule has 1 aliphatic rings. The van der Waals surface area contributed by atoms with Crippen molar-refractivity contribution in [2.45, 2.75) is 38.1 Å². The molecule has 0 aliphatic heterocycles. The van der Waals surface area contributed by atoms with Crippen molar-refractivity contribution in [1.29, 1.82) is 0 Å². The van der Waals surface area contributed by atoms with Crippen molar-refractivity contribution in [2.24, 2.45) is 0 Å². The Hall–Kier alpha value is -2.83. The first-order valence-corrected chi connectivity index (χ1v) is 13.3. The standard InChI is InChI=1S/C24H24F3N3O4S2/c1-32-19-12-16(9-10-17(19)21-29-23(31)34-30-21)33-13-20-18(4-3-11-35-2)28-22(36-20)14-5-7-15(8-6-14)24(25,26)27/h5-8,10,12,16H,3-4,9,11,13H2,1-2H3,(H,29,30,31). The van der Waals surface area contributed by atoms with Crippen molar-refractivity contribution in [3.8, 4) is 10.6 Å². The first kappa shape index (κ1) is 26.2. The maximum atomic E-state index is 12.9. The summed E-state index contributed by atoms with van der Waals surface area (Å²) >= 11 is 3.17. The molecule has 0 saturated carbocycles. The van der Waals surface area contributed by atoms with Gasteiger partial charge in [0.15, 0.2) is 5.82 Å². The second-order valence-corrected chi connectivity index (χ2v) is 10.0.